The van der Waals surface area contributed by atoms with Gasteiger partial charge in [0.15, 0.2) is 0 Å². The van der Waals surface area contributed by atoms with Crippen molar-refractivity contribution in [2.45, 2.75) is 0 Å². The molecule has 2 N–H and O–H groups in total. The van der Waals surface area contributed by atoms with Gasteiger partial charge in [-0.05, 0) is 42.5 Å². The molecule has 0 aliphatic carbocycles. The number of carbonyl (C=O) groups is 1. The number of nitrogens with one attached hydrogen (secondary N) is 1. The molecule has 0 bridgehead atoms. The van der Waals surface area contributed by atoms with Crippen LogP contribution in [0.2, 0.25) is 0 Å². The van der Waals surface area contributed by atoms with Crippen LogP contribution in [0.3, 0.4) is 0 Å². The molecule has 0 unspecified atom stereocenters. The van der Waals surface area contributed by atoms with Crippen molar-refractivity contribution in [3.63, 3.8) is 0 Å². The van der Waals surface area contributed by atoms with E-state index in [-0.39, 0.29) is 16.7 Å². The summed E-state index contributed by atoms with van der Waals surface area (Å²) in [5.74, 6) is 4.40. The summed E-state index contributed by atoms with van der Waals surface area (Å²) >= 11 is 0. The number of hydrogen-bond acceptors (Lipinski definition) is 1. The number of hydrogen-bond donors (Lipinski definition) is 2. The highest BCUT2D eigenvalue weighted by atomic mass is 19.1. The quantitative estimate of drug-likeness (QED) is 0.493. The number of H-pyrrole nitrogens is 1. The molecule has 130 valence electrons. The van der Waals surface area contributed by atoms with Crippen molar-refractivity contribution in [3.8, 4) is 23.0 Å². The highest BCUT2D eigenvalue weighted by molar-refractivity contribution is 5.99. The van der Waals surface area contributed by atoms with Gasteiger partial charge in [-0.2, -0.15) is 0 Å². The van der Waals surface area contributed by atoms with Gasteiger partial charge < -0.3 is 10.1 Å². The average Bonchev–Trinajstić information content (AvgIpc) is 3.13. The van der Waals surface area contributed by atoms with E-state index in [1.807, 2.05) is 30.3 Å². The van der Waals surface area contributed by atoms with Gasteiger partial charge in [-0.1, -0.05) is 36.1 Å². The Kier molecular flexibility index (Phi) is 4.19. The summed E-state index contributed by atoms with van der Waals surface area (Å²) in [5, 5.41) is 10.3. The summed E-state index contributed by atoms with van der Waals surface area (Å²) in [6.07, 6.45) is 1.72. The summed E-state index contributed by atoms with van der Waals surface area (Å²) < 4.78 is 14.8. The van der Waals surface area contributed by atoms with Crippen molar-refractivity contribution in [1.29, 1.82) is 0 Å². The molecule has 3 aromatic carbocycles. The van der Waals surface area contributed by atoms with Crippen LogP contribution in [0.15, 0.2) is 72.9 Å². The number of halogens is 1. The Balaban J connectivity index is 1.96. The van der Waals surface area contributed by atoms with Gasteiger partial charge in [0, 0.05) is 39.4 Å². The molecular weight excluding hydrogens is 341 g/mol. The lowest BCUT2D eigenvalue weighted by atomic mass is 9.93. The van der Waals surface area contributed by atoms with Crippen molar-refractivity contribution < 1.29 is 14.3 Å². The maximum absolute atomic E-state index is 14.8. The summed E-state index contributed by atoms with van der Waals surface area (Å²) in [4.78, 5) is 14.8. The maximum Gasteiger partial charge on any atom is 0.336 e. The average molecular weight is 355 g/mol. The molecule has 1 heterocycles. The summed E-state index contributed by atoms with van der Waals surface area (Å²) in [6.45, 7) is 0. The fraction of sp³-hybridized carbons (Fsp3) is 0. The van der Waals surface area contributed by atoms with Crippen LogP contribution in [-0.2, 0) is 0 Å². The lowest BCUT2D eigenvalue weighted by Gasteiger charge is -2.11. The number of aromatic amines is 1. The van der Waals surface area contributed by atoms with Crippen LogP contribution in [-0.4, -0.2) is 16.1 Å². The molecule has 3 nitrogen and oxygen atoms in total. The lowest BCUT2D eigenvalue weighted by Crippen LogP contribution is -2.02. The van der Waals surface area contributed by atoms with E-state index in [1.165, 1.54) is 12.1 Å². The molecule has 4 heteroatoms. The number of benzene rings is 3. The van der Waals surface area contributed by atoms with Gasteiger partial charge in [-0.15, -0.1) is 0 Å². The Morgan fingerprint density at radius 2 is 1.78 bits per heavy atom. The minimum Gasteiger partial charge on any atom is -0.478 e. The molecule has 27 heavy (non-hydrogen) atoms. The number of rotatable bonds is 2. The third-order valence-corrected chi connectivity index (χ3v) is 4.32. The second-order valence-electron chi connectivity index (χ2n) is 6.05. The highest BCUT2D eigenvalue weighted by Gasteiger charge is 2.19. The van der Waals surface area contributed by atoms with E-state index in [9.17, 15) is 14.3 Å². The van der Waals surface area contributed by atoms with Gasteiger partial charge in [-0.3, -0.25) is 0 Å². The number of fused-ring (bicyclic) bond motifs is 1. The van der Waals surface area contributed by atoms with E-state index >= 15 is 0 Å². The SMILES string of the molecule is O=C(O)c1cccc(C#Cc2ccccc2)c1-c1cc2[nH]ccc2cc1F. The van der Waals surface area contributed by atoms with Crippen LogP contribution in [0.5, 0.6) is 0 Å². The van der Waals surface area contributed by atoms with E-state index in [4.69, 9.17) is 0 Å². The predicted octanol–water partition coefficient (Wildman–Crippen LogP) is 5.07. The molecule has 0 spiro atoms. The van der Waals surface area contributed by atoms with Crippen molar-refractivity contribution in [2.75, 3.05) is 0 Å². The Labute approximate surface area is 155 Å². The van der Waals surface area contributed by atoms with E-state index in [0.717, 1.165) is 16.5 Å². The van der Waals surface area contributed by atoms with Crippen LogP contribution in [0.4, 0.5) is 4.39 Å². The lowest BCUT2D eigenvalue weighted by molar-refractivity contribution is 0.0697. The molecule has 0 aliphatic heterocycles. The Morgan fingerprint density at radius 3 is 2.56 bits per heavy atom. The third-order valence-electron chi connectivity index (χ3n) is 4.32. The van der Waals surface area contributed by atoms with E-state index in [1.54, 1.807) is 30.5 Å². The number of aromatic nitrogens is 1. The molecule has 0 saturated carbocycles. The van der Waals surface area contributed by atoms with Gasteiger partial charge in [0.25, 0.3) is 0 Å². The van der Waals surface area contributed by atoms with Crippen LogP contribution < -0.4 is 0 Å². The highest BCUT2D eigenvalue weighted by Crippen LogP contribution is 2.32. The van der Waals surface area contributed by atoms with Crippen LogP contribution >= 0.6 is 0 Å². The first-order chi connectivity index (χ1) is 13.1. The number of carboxylic acids is 1. The van der Waals surface area contributed by atoms with Gasteiger partial charge >= 0.3 is 5.97 Å². The first-order valence-electron chi connectivity index (χ1n) is 8.34. The molecule has 0 amide bonds. The van der Waals surface area contributed by atoms with Crippen molar-refractivity contribution in [3.05, 3.63) is 95.4 Å². The second-order valence-corrected chi connectivity index (χ2v) is 6.05. The Hall–Kier alpha value is -3.84. The van der Waals surface area contributed by atoms with E-state index in [0.29, 0.717) is 5.56 Å². The topological polar surface area (TPSA) is 53.1 Å². The van der Waals surface area contributed by atoms with E-state index < -0.39 is 11.8 Å². The summed E-state index contributed by atoms with van der Waals surface area (Å²) in [5.41, 5.74) is 2.49. The fourth-order valence-corrected chi connectivity index (χ4v) is 3.05. The van der Waals surface area contributed by atoms with Crippen LogP contribution in [0.25, 0.3) is 22.0 Å². The zero-order valence-electron chi connectivity index (χ0n) is 14.2. The summed E-state index contributed by atoms with van der Waals surface area (Å²) in [7, 11) is 0. The molecule has 4 rings (SSSR count). The van der Waals surface area contributed by atoms with Gasteiger partial charge in [0.05, 0.1) is 5.56 Å². The molecule has 0 fully saturated rings. The molecule has 0 atom stereocenters. The van der Waals surface area contributed by atoms with Gasteiger partial charge in [-0.25, -0.2) is 9.18 Å². The zero-order valence-corrected chi connectivity index (χ0v) is 14.2. The standard InChI is InChI=1S/C23H14FNO2/c24-20-13-17-11-12-25-21(17)14-19(20)22-16(7-4-8-18(22)23(26)27)10-9-15-5-2-1-3-6-15/h1-8,11-14,25H,(H,26,27). The minimum absolute atomic E-state index is 0.0136. The number of aromatic carboxylic acids is 1. The fourth-order valence-electron chi connectivity index (χ4n) is 3.05. The minimum atomic E-state index is -1.13. The van der Waals surface area contributed by atoms with Gasteiger partial charge in [0.2, 0.25) is 0 Å². The van der Waals surface area contributed by atoms with Crippen LogP contribution in [0.1, 0.15) is 21.5 Å². The molecule has 0 aliphatic rings. The van der Waals surface area contributed by atoms with Crippen LogP contribution in [0, 0.1) is 17.7 Å². The number of carboxylic acid groups (broad SMARTS) is 1. The van der Waals surface area contributed by atoms with E-state index in [2.05, 4.69) is 16.8 Å². The molecular formula is C23H14FNO2. The normalized spacial score (nSPS) is 10.4. The first kappa shape index (κ1) is 16.6. The molecule has 1 aromatic heterocycles. The monoisotopic (exact) mass is 355 g/mol. The Morgan fingerprint density at radius 1 is 0.963 bits per heavy atom. The summed E-state index contributed by atoms with van der Waals surface area (Å²) in [6, 6.07) is 18.9. The van der Waals surface area contributed by atoms with Crippen molar-refractivity contribution >= 4 is 16.9 Å². The maximum atomic E-state index is 14.8. The molecule has 0 saturated heterocycles. The molecule has 4 aromatic rings. The molecule has 0 radical (unpaired) electrons. The van der Waals surface area contributed by atoms with Crippen molar-refractivity contribution in [2.24, 2.45) is 0 Å². The van der Waals surface area contributed by atoms with Gasteiger partial charge in [0.1, 0.15) is 5.82 Å². The second kappa shape index (κ2) is 6.81. The zero-order chi connectivity index (χ0) is 18.8. The smallest absolute Gasteiger partial charge is 0.336 e. The van der Waals surface area contributed by atoms with Crippen molar-refractivity contribution in [1.82, 2.24) is 4.98 Å². The predicted molar refractivity (Wildman–Crippen MR) is 103 cm³/mol. The third kappa shape index (κ3) is 3.19. The Bertz CT molecular complexity index is 1210. The first-order valence-corrected chi connectivity index (χ1v) is 8.34. The largest absolute Gasteiger partial charge is 0.478 e.